The molecule has 0 saturated heterocycles. The molecule has 0 fully saturated rings. The Hall–Kier alpha value is -4.71. The van der Waals surface area contributed by atoms with Crippen LogP contribution < -0.4 is 41.7 Å². The molecule has 3 heterocycles. The monoisotopic (exact) mass is 498 g/mol. The lowest BCUT2D eigenvalue weighted by molar-refractivity contribution is 0.231. The van der Waals surface area contributed by atoms with Crippen LogP contribution in [0.25, 0.3) is 29.6 Å². The maximum absolute atomic E-state index is 6.50. The molecule has 8 rings (SSSR count). The maximum Gasteiger partial charge on any atom is 0.149 e. The zero-order valence-corrected chi connectivity index (χ0v) is 20.9. The Labute approximate surface area is 218 Å². The molecule has 0 amide bonds. The first-order valence-corrected chi connectivity index (χ1v) is 12.9. The number of fused-ring (bicyclic) bond motifs is 8. The van der Waals surface area contributed by atoms with Gasteiger partial charge in [0.15, 0.2) is 0 Å². The first-order valence-electron chi connectivity index (χ1n) is 12.9. The number of aromatic amines is 1. The van der Waals surface area contributed by atoms with Crippen molar-refractivity contribution in [3.63, 3.8) is 0 Å². The quantitative estimate of drug-likeness (QED) is 0.397. The van der Waals surface area contributed by atoms with Crippen molar-refractivity contribution in [2.45, 2.75) is 31.0 Å². The summed E-state index contributed by atoms with van der Waals surface area (Å²) in [7, 11) is 0. The van der Waals surface area contributed by atoms with Gasteiger partial charge in [-0.1, -0.05) is 43.0 Å². The van der Waals surface area contributed by atoms with Crippen LogP contribution in [0.4, 0.5) is 5.69 Å². The van der Waals surface area contributed by atoms with Gasteiger partial charge in [0.25, 0.3) is 0 Å². The van der Waals surface area contributed by atoms with Crippen LogP contribution in [0.2, 0.25) is 0 Å². The Morgan fingerprint density at radius 1 is 1.03 bits per heavy atom. The minimum absolute atomic E-state index is 0.0909. The lowest BCUT2D eigenvalue weighted by atomic mass is 9.90. The van der Waals surface area contributed by atoms with Gasteiger partial charge in [-0.05, 0) is 48.9 Å². The Balaban J connectivity index is 1.18. The van der Waals surface area contributed by atoms with Crippen LogP contribution in [0.3, 0.4) is 0 Å². The second-order valence-corrected chi connectivity index (χ2v) is 10.4. The van der Waals surface area contributed by atoms with Gasteiger partial charge in [0, 0.05) is 49.9 Å². The Kier molecular flexibility index (Phi) is 4.30. The summed E-state index contributed by atoms with van der Waals surface area (Å²) in [6.45, 7) is 6.32. The molecule has 0 spiro atoms. The third kappa shape index (κ3) is 3.03. The highest BCUT2D eigenvalue weighted by atomic mass is 16.5. The molecule has 2 aliphatic carbocycles. The van der Waals surface area contributed by atoms with E-state index in [1.54, 1.807) is 0 Å². The Morgan fingerprint density at radius 2 is 1.87 bits per heavy atom. The summed E-state index contributed by atoms with van der Waals surface area (Å²) < 4.78 is 12.9. The fourth-order valence-corrected chi connectivity index (χ4v) is 6.13. The number of para-hydroxylation sites is 2. The van der Waals surface area contributed by atoms with Crippen LogP contribution in [0, 0.1) is 6.92 Å². The second kappa shape index (κ2) is 7.65. The Morgan fingerprint density at radius 3 is 2.79 bits per heavy atom. The average Bonchev–Trinajstić information content (AvgIpc) is 3.47. The van der Waals surface area contributed by atoms with E-state index < -0.39 is 0 Å². The first-order chi connectivity index (χ1) is 18.5. The van der Waals surface area contributed by atoms with E-state index in [0.29, 0.717) is 17.2 Å². The molecule has 6 heteroatoms. The summed E-state index contributed by atoms with van der Waals surface area (Å²) in [6.07, 6.45) is 8.31. The minimum atomic E-state index is -0.181. The number of nitrogens with two attached hydrogens (primary N) is 1. The van der Waals surface area contributed by atoms with Crippen LogP contribution in [-0.2, 0) is 0 Å². The lowest BCUT2D eigenvalue weighted by Crippen LogP contribution is -2.44. The standard InChI is InChI=1S/C32H26N4O2/c1-16-17(2)32-28(36-27-12-21-19-8-4-6-10-24(19)35-26(21)14-31(27)38-32)15-29(16)37-30-13-25-20(11-22(30)33)18-7-3-5-9-23(18)34-25/h3-15,20,25,27,31,34-35H,1,33H2,2H3. The van der Waals surface area contributed by atoms with Crippen molar-refractivity contribution < 1.29 is 9.47 Å². The van der Waals surface area contributed by atoms with E-state index in [2.05, 4.69) is 77.6 Å². The van der Waals surface area contributed by atoms with E-state index in [0.717, 1.165) is 38.4 Å². The van der Waals surface area contributed by atoms with Crippen molar-refractivity contribution in [2.24, 2.45) is 10.7 Å². The number of aromatic nitrogens is 1. The topological polar surface area (TPSA) is 84.7 Å². The molecule has 38 heavy (non-hydrogen) atoms. The van der Waals surface area contributed by atoms with Gasteiger partial charge in [0.2, 0.25) is 0 Å². The van der Waals surface area contributed by atoms with Gasteiger partial charge >= 0.3 is 0 Å². The minimum Gasteiger partial charge on any atom is -0.481 e. The number of ether oxygens (including phenoxy) is 2. The third-order valence-corrected chi connectivity index (χ3v) is 8.14. The summed E-state index contributed by atoms with van der Waals surface area (Å²) in [5.41, 5.74) is 11.5. The fraction of sp³-hybridized carbons (Fsp3) is 0.156. The molecule has 4 N–H and O–H groups in total. The van der Waals surface area contributed by atoms with Crippen LogP contribution in [0.5, 0.6) is 11.5 Å². The van der Waals surface area contributed by atoms with Crippen molar-refractivity contribution in [3.8, 4) is 11.5 Å². The van der Waals surface area contributed by atoms with Gasteiger partial charge in [-0.3, -0.25) is 4.99 Å². The molecule has 0 radical (unpaired) electrons. The largest absolute Gasteiger partial charge is 0.481 e. The predicted molar refractivity (Wildman–Crippen MR) is 150 cm³/mol. The highest BCUT2D eigenvalue weighted by Gasteiger charge is 2.34. The number of hydrogen-bond acceptors (Lipinski definition) is 5. The molecule has 4 aliphatic rings. The molecule has 0 bridgehead atoms. The van der Waals surface area contributed by atoms with Gasteiger partial charge in [-0.2, -0.15) is 0 Å². The lowest BCUT2D eigenvalue weighted by Gasteiger charge is -2.28. The van der Waals surface area contributed by atoms with Crippen molar-refractivity contribution in [1.82, 2.24) is 4.98 Å². The molecule has 3 aromatic carbocycles. The number of H-pyrrole nitrogens is 1. The second-order valence-electron chi connectivity index (χ2n) is 10.4. The molecule has 4 unspecified atom stereocenters. The summed E-state index contributed by atoms with van der Waals surface area (Å²) in [5.74, 6) is 2.21. The van der Waals surface area contributed by atoms with Crippen molar-refractivity contribution >= 4 is 35.3 Å². The van der Waals surface area contributed by atoms with Gasteiger partial charge < -0.3 is 25.5 Å². The normalized spacial score (nSPS) is 23.9. The zero-order chi connectivity index (χ0) is 25.5. The van der Waals surface area contributed by atoms with E-state index in [9.17, 15) is 0 Å². The van der Waals surface area contributed by atoms with Crippen LogP contribution in [0.1, 0.15) is 17.0 Å². The van der Waals surface area contributed by atoms with Crippen molar-refractivity contribution in [1.29, 1.82) is 0 Å². The van der Waals surface area contributed by atoms with E-state index >= 15 is 0 Å². The van der Waals surface area contributed by atoms with Crippen molar-refractivity contribution in [3.05, 3.63) is 110 Å². The molecular formula is C32H26N4O2. The number of rotatable bonds is 2. The summed E-state index contributed by atoms with van der Waals surface area (Å²) in [6, 6.07) is 18.6. The number of nitrogens with zero attached hydrogens (tertiary/aromatic N) is 1. The maximum atomic E-state index is 6.50. The van der Waals surface area contributed by atoms with Crippen LogP contribution in [0.15, 0.2) is 83.2 Å². The number of anilines is 1. The molecule has 1 aromatic heterocycles. The smallest absolute Gasteiger partial charge is 0.149 e. The average molecular weight is 499 g/mol. The molecule has 186 valence electrons. The van der Waals surface area contributed by atoms with E-state index in [4.69, 9.17) is 20.2 Å². The Bertz CT molecular complexity index is 1980. The van der Waals surface area contributed by atoms with Gasteiger partial charge in [-0.15, -0.1) is 0 Å². The molecule has 4 atom stereocenters. The zero-order valence-electron chi connectivity index (χ0n) is 20.9. The van der Waals surface area contributed by atoms with Crippen LogP contribution >= 0.6 is 0 Å². The SMILES string of the molecule is C=c1c(OC2=CC3Nc4ccccc4C3C=C2N)cc2c(c1C)OC1C=c3[nH]c4ccccc4c3=CC1N=2. The van der Waals surface area contributed by atoms with Gasteiger partial charge in [0.05, 0.1) is 11.7 Å². The van der Waals surface area contributed by atoms with E-state index in [1.165, 1.54) is 16.2 Å². The molecule has 0 saturated carbocycles. The molecule has 2 aliphatic heterocycles. The summed E-state index contributed by atoms with van der Waals surface area (Å²) in [4.78, 5) is 8.61. The number of hydrogen-bond donors (Lipinski definition) is 3. The van der Waals surface area contributed by atoms with E-state index in [-0.39, 0.29) is 24.1 Å². The predicted octanol–water partition coefficient (Wildman–Crippen LogP) is 2.61. The summed E-state index contributed by atoms with van der Waals surface area (Å²) >= 11 is 0. The number of nitrogens with one attached hydrogen (secondary N) is 2. The third-order valence-electron chi connectivity index (χ3n) is 8.14. The van der Waals surface area contributed by atoms with Gasteiger partial charge in [0.1, 0.15) is 34.8 Å². The van der Waals surface area contributed by atoms with E-state index in [1.807, 2.05) is 25.1 Å². The molecule has 6 nitrogen and oxygen atoms in total. The summed E-state index contributed by atoms with van der Waals surface area (Å²) in [5, 5.41) is 8.55. The van der Waals surface area contributed by atoms with Crippen LogP contribution in [-0.4, -0.2) is 23.2 Å². The molecule has 4 aromatic rings. The van der Waals surface area contributed by atoms with Crippen molar-refractivity contribution in [2.75, 3.05) is 5.32 Å². The molecular weight excluding hydrogens is 472 g/mol. The highest BCUT2D eigenvalue weighted by molar-refractivity contribution is 5.82. The fourth-order valence-electron chi connectivity index (χ4n) is 6.13. The first kappa shape index (κ1) is 21.4. The number of benzene rings is 3. The highest BCUT2D eigenvalue weighted by Crippen LogP contribution is 2.41. The van der Waals surface area contributed by atoms with Gasteiger partial charge in [-0.25, -0.2) is 0 Å².